The largest absolute Gasteiger partial charge is 0.418 e. The highest BCUT2D eigenvalue weighted by Gasteiger charge is 2.35. The fourth-order valence-electron chi connectivity index (χ4n) is 3.34. The highest BCUT2D eigenvalue weighted by atomic mass is 19.4. The lowest BCUT2D eigenvalue weighted by molar-refractivity contribution is -0.136. The average molecular weight is 483 g/mol. The summed E-state index contributed by atoms with van der Waals surface area (Å²) in [5, 5.41) is 8.59. The highest BCUT2D eigenvalue weighted by Crippen LogP contribution is 2.37. The number of pyridine rings is 1. The molecular weight excluding hydrogens is 466 g/mol. The molecule has 35 heavy (non-hydrogen) atoms. The summed E-state index contributed by atoms with van der Waals surface area (Å²) < 4.78 is 56.5. The molecule has 0 saturated heterocycles. The molecule has 0 saturated carbocycles. The summed E-state index contributed by atoms with van der Waals surface area (Å²) in [5.74, 6) is -2.09. The lowest BCUT2D eigenvalue weighted by atomic mass is 10.1. The van der Waals surface area contributed by atoms with Gasteiger partial charge in [-0.2, -0.15) is 18.3 Å². The van der Waals surface area contributed by atoms with E-state index < -0.39 is 35.1 Å². The lowest BCUT2D eigenvalue weighted by Gasteiger charge is -2.16. The van der Waals surface area contributed by atoms with Crippen molar-refractivity contribution < 1.29 is 27.2 Å². The normalized spacial score (nSPS) is 11.2. The summed E-state index contributed by atoms with van der Waals surface area (Å²) in [6, 6.07) is 13.0. The molecule has 2 aromatic heterocycles. The Kier molecular flexibility index (Phi) is 6.32. The van der Waals surface area contributed by atoms with Crippen LogP contribution in [0.3, 0.4) is 0 Å². The second-order valence-electron chi connectivity index (χ2n) is 7.39. The van der Waals surface area contributed by atoms with E-state index in [1.165, 1.54) is 41.3 Å². The van der Waals surface area contributed by atoms with E-state index in [9.17, 15) is 27.2 Å². The SMILES string of the molecule is Cc1c(C(=O)Nc2ccc(NC(=O)c3ccccc3F)cc2C(F)(F)F)cnn1-c1ccccn1. The molecule has 0 aliphatic heterocycles. The van der Waals surface area contributed by atoms with Gasteiger partial charge in [-0.25, -0.2) is 14.1 Å². The van der Waals surface area contributed by atoms with E-state index in [1.54, 1.807) is 25.1 Å². The van der Waals surface area contributed by atoms with E-state index in [2.05, 4.69) is 20.7 Å². The lowest BCUT2D eigenvalue weighted by Crippen LogP contribution is -2.19. The molecule has 178 valence electrons. The Morgan fingerprint density at radius 3 is 2.31 bits per heavy atom. The van der Waals surface area contributed by atoms with Crippen LogP contribution in [0.2, 0.25) is 0 Å². The van der Waals surface area contributed by atoms with Gasteiger partial charge in [0.2, 0.25) is 0 Å². The Labute approximate surface area is 196 Å². The standard InChI is InChI=1S/C24H17F4N5O2/c1-14-17(13-30-33(14)21-8-4-5-11-29-21)23(35)32-20-10-9-15(12-18(20)24(26,27)28)31-22(34)16-6-2-3-7-19(16)25/h2-13H,1H3,(H,31,34)(H,32,35). The third kappa shape index (κ3) is 5.03. The summed E-state index contributed by atoms with van der Waals surface area (Å²) >= 11 is 0. The highest BCUT2D eigenvalue weighted by molar-refractivity contribution is 6.06. The van der Waals surface area contributed by atoms with Gasteiger partial charge in [-0.15, -0.1) is 0 Å². The van der Waals surface area contributed by atoms with Gasteiger partial charge >= 0.3 is 6.18 Å². The number of rotatable bonds is 5. The van der Waals surface area contributed by atoms with Crippen molar-refractivity contribution >= 4 is 23.2 Å². The van der Waals surface area contributed by atoms with Crippen LogP contribution in [0, 0.1) is 12.7 Å². The van der Waals surface area contributed by atoms with Crippen LogP contribution in [0.15, 0.2) is 73.1 Å². The quantitative estimate of drug-likeness (QED) is 0.380. The van der Waals surface area contributed by atoms with Crippen molar-refractivity contribution in [3.05, 3.63) is 101 Å². The molecule has 0 fully saturated rings. The summed E-state index contributed by atoms with van der Waals surface area (Å²) in [6.45, 7) is 1.59. The monoisotopic (exact) mass is 483 g/mol. The Morgan fingerprint density at radius 1 is 0.914 bits per heavy atom. The molecule has 2 heterocycles. The molecule has 0 spiro atoms. The van der Waals surface area contributed by atoms with Crippen LogP contribution in [0.1, 0.15) is 32.0 Å². The summed E-state index contributed by atoms with van der Waals surface area (Å²) in [7, 11) is 0. The van der Waals surface area contributed by atoms with Gasteiger partial charge in [-0.1, -0.05) is 18.2 Å². The number of amides is 2. The van der Waals surface area contributed by atoms with Crippen molar-refractivity contribution in [2.24, 2.45) is 0 Å². The number of aromatic nitrogens is 3. The van der Waals surface area contributed by atoms with E-state index >= 15 is 0 Å². The number of nitrogens with zero attached hydrogens (tertiary/aromatic N) is 3. The van der Waals surface area contributed by atoms with E-state index in [1.807, 2.05) is 0 Å². The van der Waals surface area contributed by atoms with Crippen molar-refractivity contribution in [2.45, 2.75) is 13.1 Å². The molecule has 2 amide bonds. The van der Waals surface area contributed by atoms with E-state index in [-0.39, 0.29) is 16.8 Å². The van der Waals surface area contributed by atoms with Gasteiger partial charge in [0, 0.05) is 11.9 Å². The summed E-state index contributed by atoms with van der Waals surface area (Å²) in [6.07, 6.45) is -2.08. The Balaban J connectivity index is 1.59. The van der Waals surface area contributed by atoms with Gasteiger partial charge in [-0.3, -0.25) is 9.59 Å². The van der Waals surface area contributed by atoms with Crippen LogP contribution in [-0.4, -0.2) is 26.6 Å². The maximum absolute atomic E-state index is 13.8. The maximum atomic E-state index is 13.8. The van der Waals surface area contributed by atoms with Gasteiger partial charge in [-0.05, 0) is 49.4 Å². The van der Waals surface area contributed by atoms with Gasteiger partial charge in [0.25, 0.3) is 11.8 Å². The third-order valence-electron chi connectivity index (χ3n) is 5.07. The van der Waals surface area contributed by atoms with Crippen molar-refractivity contribution in [2.75, 3.05) is 10.6 Å². The van der Waals surface area contributed by atoms with Crippen molar-refractivity contribution in [3.63, 3.8) is 0 Å². The van der Waals surface area contributed by atoms with Crippen molar-refractivity contribution in [3.8, 4) is 5.82 Å². The Morgan fingerprint density at radius 2 is 1.63 bits per heavy atom. The van der Waals surface area contributed by atoms with Crippen LogP contribution < -0.4 is 10.6 Å². The number of alkyl halides is 3. The molecule has 2 aromatic carbocycles. The Hall–Kier alpha value is -4.54. The molecule has 4 rings (SSSR count). The number of carbonyl (C=O) groups excluding carboxylic acids is 2. The van der Waals surface area contributed by atoms with Gasteiger partial charge in [0.05, 0.1) is 34.3 Å². The fourth-order valence-corrected chi connectivity index (χ4v) is 3.34. The molecule has 2 N–H and O–H groups in total. The molecule has 4 aromatic rings. The third-order valence-corrected chi connectivity index (χ3v) is 5.07. The predicted molar refractivity (Wildman–Crippen MR) is 120 cm³/mol. The molecule has 7 nitrogen and oxygen atoms in total. The molecule has 0 aliphatic rings. The molecule has 0 aliphatic carbocycles. The number of anilines is 2. The Bertz CT molecular complexity index is 1400. The zero-order valence-corrected chi connectivity index (χ0v) is 18.1. The first-order chi connectivity index (χ1) is 16.6. The molecule has 0 radical (unpaired) electrons. The molecular formula is C24H17F4N5O2. The minimum absolute atomic E-state index is 0.0562. The van der Waals surface area contributed by atoms with Gasteiger partial charge < -0.3 is 10.6 Å². The van der Waals surface area contributed by atoms with Gasteiger partial charge in [0.15, 0.2) is 5.82 Å². The second kappa shape index (κ2) is 9.37. The van der Waals surface area contributed by atoms with Gasteiger partial charge in [0.1, 0.15) is 5.82 Å². The topological polar surface area (TPSA) is 88.9 Å². The maximum Gasteiger partial charge on any atom is 0.418 e. The number of carbonyl (C=O) groups is 2. The van der Waals surface area contributed by atoms with Crippen molar-refractivity contribution in [1.29, 1.82) is 0 Å². The first-order valence-corrected chi connectivity index (χ1v) is 10.2. The number of hydrogen-bond acceptors (Lipinski definition) is 4. The first-order valence-electron chi connectivity index (χ1n) is 10.2. The van der Waals surface area contributed by atoms with Crippen LogP contribution in [0.4, 0.5) is 28.9 Å². The fraction of sp³-hybridized carbons (Fsp3) is 0.0833. The average Bonchev–Trinajstić information content (AvgIpc) is 3.21. The summed E-state index contributed by atoms with van der Waals surface area (Å²) in [5.41, 5.74) is -1.81. The van der Waals surface area contributed by atoms with Crippen LogP contribution in [-0.2, 0) is 6.18 Å². The molecule has 11 heteroatoms. The number of nitrogens with one attached hydrogen (secondary N) is 2. The van der Waals surface area contributed by atoms with E-state index in [0.717, 1.165) is 12.1 Å². The minimum Gasteiger partial charge on any atom is -0.322 e. The zero-order chi connectivity index (χ0) is 25.2. The number of hydrogen-bond donors (Lipinski definition) is 2. The summed E-state index contributed by atoms with van der Waals surface area (Å²) in [4.78, 5) is 29.2. The van der Waals surface area contributed by atoms with Crippen molar-refractivity contribution in [1.82, 2.24) is 14.8 Å². The zero-order valence-electron chi connectivity index (χ0n) is 18.1. The van der Waals surface area contributed by atoms with E-state index in [4.69, 9.17) is 0 Å². The van der Waals surface area contributed by atoms with Crippen LogP contribution in [0.5, 0.6) is 0 Å². The molecule has 0 bridgehead atoms. The molecule has 0 unspecified atom stereocenters. The predicted octanol–water partition coefficient (Wildman–Crippen LogP) is 5.24. The van der Waals surface area contributed by atoms with Crippen LogP contribution in [0.25, 0.3) is 5.82 Å². The number of halogens is 4. The first kappa shape index (κ1) is 23.6. The second-order valence-corrected chi connectivity index (χ2v) is 7.39. The van der Waals surface area contributed by atoms with Crippen LogP contribution >= 0.6 is 0 Å². The van der Waals surface area contributed by atoms with E-state index in [0.29, 0.717) is 17.6 Å². The minimum atomic E-state index is -4.85. The smallest absolute Gasteiger partial charge is 0.322 e. The number of benzene rings is 2. The molecule has 0 atom stereocenters.